The van der Waals surface area contributed by atoms with Gasteiger partial charge in [0.1, 0.15) is 5.75 Å². The molecule has 1 N–H and O–H groups in total. The van der Waals surface area contributed by atoms with Crippen LogP contribution in [0.15, 0.2) is 48.5 Å². The number of methoxy groups -OCH3 is 1. The minimum absolute atomic E-state index is 0.0210. The van der Waals surface area contributed by atoms with Crippen LogP contribution in [0.3, 0.4) is 0 Å². The van der Waals surface area contributed by atoms with Gasteiger partial charge >= 0.3 is 6.03 Å². The average molecular weight is 324 g/mol. The van der Waals surface area contributed by atoms with Gasteiger partial charge in [-0.25, -0.2) is 4.79 Å². The zero-order chi connectivity index (χ0) is 17.1. The number of amides is 2. The molecular weight excluding hydrogens is 300 g/mol. The van der Waals surface area contributed by atoms with Gasteiger partial charge in [-0.3, -0.25) is 0 Å². The van der Waals surface area contributed by atoms with Crippen LogP contribution < -0.4 is 10.1 Å². The third kappa shape index (κ3) is 3.09. The number of rotatable bonds is 3. The Kier molecular flexibility index (Phi) is 4.74. The molecule has 2 amide bonds. The summed E-state index contributed by atoms with van der Waals surface area (Å²) in [6, 6.07) is 16.3. The van der Waals surface area contributed by atoms with Crippen molar-refractivity contribution < 1.29 is 9.53 Å². The number of hydrogen-bond acceptors (Lipinski definition) is 2. The molecule has 3 rings (SSSR count). The summed E-state index contributed by atoms with van der Waals surface area (Å²) in [4.78, 5) is 14.7. The quantitative estimate of drug-likeness (QED) is 0.934. The molecule has 0 saturated heterocycles. The monoisotopic (exact) mass is 324 g/mol. The molecule has 0 saturated carbocycles. The summed E-state index contributed by atoms with van der Waals surface area (Å²) in [5.41, 5.74) is 3.46. The zero-order valence-corrected chi connectivity index (χ0v) is 14.5. The first kappa shape index (κ1) is 16.4. The van der Waals surface area contributed by atoms with Gasteiger partial charge in [0.25, 0.3) is 0 Å². The Morgan fingerprint density at radius 3 is 2.58 bits per heavy atom. The highest BCUT2D eigenvalue weighted by Gasteiger charge is 2.33. The van der Waals surface area contributed by atoms with Crippen LogP contribution in [0.25, 0.3) is 0 Å². The highest BCUT2D eigenvalue weighted by Crippen LogP contribution is 2.38. The molecule has 0 spiro atoms. The highest BCUT2D eigenvalue weighted by molar-refractivity contribution is 5.76. The summed E-state index contributed by atoms with van der Waals surface area (Å²) < 4.78 is 5.54. The first-order valence-electron chi connectivity index (χ1n) is 8.39. The number of fused-ring (bicyclic) bond motifs is 1. The number of urea groups is 1. The maximum Gasteiger partial charge on any atom is 0.318 e. The van der Waals surface area contributed by atoms with Crippen molar-refractivity contribution in [2.75, 3.05) is 13.7 Å². The fourth-order valence-electron chi connectivity index (χ4n) is 3.37. The van der Waals surface area contributed by atoms with E-state index in [9.17, 15) is 4.79 Å². The van der Waals surface area contributed by atoms with Crippen molar-refractivity contribution in [3.8, 4) is 5.75 Å². The summed E-state index contributed by atoms with van der Waals surface area (Å²) >= 11 is 0. The predicted molar refractivity (Wildman–Crippen MR) is 95.4 cm³/mol. The molecule has 2 aromatic rings. The third-order valence-electron chi connectivity index (χ3n) is 4.39. The molecule has 1 unspecified atom stereocenters. The van der Waals surface area contributed by atoms with Crippen molar-refractivity contribution in [2.24, 2.45) is 0 Å². The Bertz CT molecular complexity index is 713. The molecule has 0 radical (unpaired) electrons. The van der Waals surface area contributed by atoms with Crippen molar-refractivity contribution in [1.82, 2.24) is 10.2 Å². The van der Waals surface area contributed by atoms with E-state index in [2.05, 4.69) is 23.5 Å². The molecule has 4 nitrogen and oxygen atoms in total. The number of benzene rings is 2. The van der Waals surface area contributed by atoms with Crippen molar-refractivity contribution in [3.05, 3.63) is 65.2 Å². The molecule has 0 bridgehead atoms. The molecule has 4 heteroatoms. The summed E-state index contributed by atoms with van der Waals surface area (Å²) in [6.45, 7) is 4.64. The largest absolute Gasteiger partial charge is 0.496 e. The molecule has 24 heavy (non-hydrogen) atoms. The van der Waals surface area contributed by atoms with E-state index in [-0.39, 0.29) is 18.1 Å². The van der Waals surface area contributed by atoms with E-state index in [0.717, 1.165) is 23.3 Å². The first-order valence-corrected chi connectivity index (χ1v) is 8.39. The van der Waals surface area contributed by atoms with Crippen LogP contribution in [0.4, 0.5) is 4.79 Å². The molecule has 1 atom stereocenters. The SMILES string of the molecule is COc1cccc2c1CCN(C(=O)NC(C)C)C2c1ccccc1. The van der Waals surface area contributed by atoms with Crippen molar-refractivity contribution >= 4 is 6.03 Å². The van der Waals surface area contributed by atoms with Crippen molar-refractivity contribution in [3.63, 3.8) is 0 Å². The smallest absolute Gasteiger partial charge is 0.318 e. The second kappa shape index (κ2) is 6.95. The van der Waals surface area contributed by atoms with E-state index in [4.69, 9.17) is 4.74 Å². The minimum Gasteiger partial charge on any atom is -0.496 e. The number of ether oxygens (including phenoxy) is 1. The van der Waals surface area contributed by atoms with E-state index >= 15 is 0 Å². The van der Waals surface area contributed by atoms with E-state index < -0.39 is 0 Å². The molecule has 2 aromatic carbocycles. The second-order valence-corrected chi connectivity index (χ2v) is 6.39. The number of nitrogens with zero attached hydrogens (tertiary/aromatic N) is 1. The predicted octanol–water partition coefficient (Wildman–Crippen LogP) is 3.76. The number of carbonyl (C=O) groups excluding carboxylic acids is 1. The van der Waals surface area contributed by atoms with Gasteiger partial charge in [0.2, 0.25) is 0 Å². The highest BCUT2D eigenvalue weighted by atomic mass is 16.5. The molecule has 0 fully saturated rings. The number of carbonyl (C=O) groups is 1. The Labute approximate surface area is 143 Å². The van der Waals surface area contributed by atoms with Crippen LogP contribution in [0, 0.1) is 0 Å². The van der Waals surface area contributed by atoms with Crippen LogP contribution in [0.1, 0.15) is 36.6 Å². The molecule has 1 heterocycles. The van der Waals surface area contributed by atoms with Gasteiger partial charge in [-0.2, -0.15) is 0 Å². The van der Waals surface area contributed by atoms with Crippen LogP contribution in [-0.4, -0.2) is 30.6 Å². The maximum atomic E-state index is 12.7. The van der Waals surface area contributed by atoms with Gasteiger partial charge in [-0.1, -0.05) is 42.5 Å². The normalized spacial score (nSPS) is 16.7. The summed E-state index contributed by atoms with van der Waals surface area (Å²) in [6.07, 6.45) is 0.800. The topological polar surface area (TPSA) is 41.6 Å². The first-order chi connectivity index (χ1) is 11.6. The lowest BCUT2D eigenvalue weighted by atomic mass is 9.88. The Hall–Kier alpha value is -2.49. The van der Waals surface area contributed by atoms with Crippen LogP contribution >= 0.6 is 0 Å². The molecule has 1 aliphatic rings. The van der Waals surface area contributed by atoms with Gasteiger partial charge in [0.05, 0.1) is 13.2 Å². The Morgan fingerprint density at radius 2 is 1.92 bits per heavy atom. The summed E-state index contributed by atoms with van der Waals surface area (Å²) in [5.74, 6) is 0.900. The second-order valence-electron chi connectivity index (χ2n) is 6.39. The lowest BCUT2D eigenvalue weighted by Gasteiger charge is -2.38. The van der Waals surface area contributed by atoms with Crippen LogP contribution in [0.5, 0.6) is 5.75 Å². The summed E-state index contributed by atoms with van der Waals surface area (Å²) in [7, 11) is 1.70. The van der Waals surface area contributed by atoms with Gasteiger partial charge < -0.3 is 15.0 Å². The number of nitrogens with one attached hydrogen (secondary N) is 1. The summed E-state index contributed by atoms with van der Waals surface area (Å²) in [5, 5.41) is 3.03. The fraction of sp³-hybridized carbons (Fsp3) is 0.350. The van der Waals surface area contributed by atoms with Gasteiger partial charge in [-0.15, -0.1) is 0 Å². The zero-order valence-electron chi connectivity index (χ0n) is 14.5. The van der Waals surface area contributed by atoms with E-state index in [0.29, 0.717) is 6.54 Å². The van der Waals surface area contributed by atoms with Crippen LogP contribution in [0.2, 0.25) is 0 Å². The van der Waals surface area contributed by atoms with E-state index in [1.165, 1.54) is 5.56 Å². The van der Waals surface area contributed by atoms with Gasteiger partial charge in [0, 0.05) is 18.2 Å². The standard InChI is InChI=1S/C20H24N2O2/c1-14(2)21-20(23)22-13-12-16-17(10-7-11-18(16)24-3)19(22)15-8-5-4-6-9-15/h4-11,14,19H,12-13H2,1-3H3,(H,21,23). The van der Waals surface area contributed by atoms with Gasteiger partial charge in [-0.05, 0) is 37.5 Å². The molecule has 126 valence electrons. The van der Waals surface area contributed by atoms with Crippen molar-refractivity contribution in [1.29, 1.82) is 0 Å². The maximum absolute atomic E-state index is 12.7. The minimum atomic E-state index is -0.0937. The van der Waals surface area contributed by atoms with Crippen molar-refractivity contribution in [2.45, 2.75) is 32.4 Å². The number of hydrogen-bond donors (Lipinski definition) is 1. The molecule has 0 aromatic heterocycles. The Balaban J connectivity index is 2.07. The lowest BCUT2D eigenvalue weighted by molar-refractivity contribution is 0.177. The Morgan fingerprint density at radius 1 is 1.17 bits per heavy atom. The molecule has 1 aliphatic heterocycles. The third-order valence-corrected chi connectivity index (χ3v) is 4.39. The lowest BCUT2D eigenvalue weighted by Crippen LogP contribution is -2.47. The van der Waals surface area contributed by atoms with Crippen LogP contribution in [-0.2, 0) is 6.42 Å². The van der Waals surface area contributed by atoms with E-state index in [1.54, 1.807) is 7.11 Å². The fourth-order valence-corrected chi connectivity index (χ4v) is 3.37. The molecule has 0 aliphatic carbocycles. The average Bonchev–Trinajstić information content (AvgIpc) is 2.60. The van der Waals surface area contributed by atoms with E-state index in [1.807, 2.05) is 49.1 Å². The molecular formula is C20H24N2O2. The van der Waals surface area contributed by atoms with Gasteiger partial charge in [0.15, 0.2) is 0 Å².